The Hall–Kier alpha value is -0.720. The Morgan fingerprint density at radius 3 is 2.78 bits per heavy atom. The van der Waals surface area contributed by atoms with Crippen LogP contribution >= 0.6 is 11.8 Å². The Morgan fingerprint density at radius 2 is 2.28 bits per heavy atom. The van der Waals surface area contributed by atoms with Crippen molar-refractivity contribution in [2.45, 2.75) is 45.0 Å². The molecule has 0 radical (unpaired) electrons. The topological polar surface area (TPSA) is 65.1 Å². The summed E-state index contributed by atoms with van der Waals surface area (Å²) < 4.78 is 7.29. The number of methoxy groups -OCH3 is 1. The smallest absolute Gasteiger partial charge is 0.161 e. The Bertz CT molecular complexity index is 334. The van der Waals surface area contributed by atoms with Crippen LogP contribution in [0.4, 0.5) is 0 Å². The van der Waals surface area contributed by atoms with E-state index in [1.807, 2.05) is 16.4 Å². The monoisotopic (exact) mass is 272 g/mol. The number of thioether (sulfide) groups is 1. The Labute approximate surface area is 113 Å². The van der Waals surface area contributed by atoms with Gasteiger partial charge in [-0.25, -0.2) is 0 Å². The minimum Gasteiger partial charge on any atom is -0.493 e. The van der Waals surface area contributed by atoms with Gasteiger partial charge < -0.3 is 4.74 Å². The summed E-state index contributed by atoms with van der Waals surface area (Å²) in [5.41, 5.74) is 3.90. The highest BCUT2D eigenvalue weighted by atomic mass is 32.2. The van der Waals surface area contributed by atoms with Crippen molar-refractivity contribution in [1.29, 1.82) is 0 Å². The quantitative estimate of drug-likeness (QED) is 0.559. The van der Waals surface area contributed by atoms with Gasteiger partial charge in [-0.1, -0.05) is 13.8 Å². The molecule has 6 heteroatoms. The second-order valence-corrected chi connectivity index (χ2v) is 5.66. The van der Waals surface area contributed by atoms with Crippen LogP contribution in [0.5, 0.6) is 5.75 Å². The average Bonchev–Trinajstić information content (AvgIpc) is 2.82. The molecule has 0 saturated carbocycles. The first-order valence-corrected chi connectivity index (χ1v) is 7.40. The molecule has 18 heavy (non-hydrogen) atoms. The molecule has 0 spiro atoms. The fraction of sp³-hybridized carbons (Fsp3) is 0.750. The lowest BCUT2D eigenvalue weighted by atomic mass is 10.2. The molecule has 0 aromatic carbocycles. The molecule has 2 atom stereocenters. The van der Waals surface area contributed by atoms with Crippen molar-refractivity contribution in [3.63, 3.8) is 0 Å². The minimum atomic E-state index is 0.0569. The van der Waals surface area contributed by atoms with Gasteiger partial charge >= 0.3 is 0 Å². The zero-order chi connectivity index (χ0) is 13.5. The van der Waals surface area contributed by atoms with Gasteiger partial charge in [-0.15, -0.1) is 0 Å². The van der Waals surface area contributed by atoms with E-state index in [9.17, 15) is 0 Å². The predicted molar refractivity (Wildman–Crippen MR) is 76.7 cm³/mol. The molecule has 0 aliphatic carbocycles. The van der Waals surface area contributed by atoms with Crippen molar-refractivity contribution in [1.82, 2.24) is 15.2 Å². The third-order valence-corrected chi connectivity index (χ3v) is 4.45. The molecule has 0 bridgehead atoms. The van der Waals surface area contributed by atoms with E-state index in [4.69, 9.17) is 10.6 Å². The third kappa shape index (κ3) is 3.63. The van der Waals surface area contributed by atoms with Gasteiger partial charge in [0.25, 0.3) is 0 Å². The van der Waals surface area contributed by atoms with Crippen molar-refractivity contribution in [3.8, 4) is 5.75 Å². The van der Waals surface area contributed by atoms with Crippen LogP contribution in [-0.2, 0) is 6.54 Å². The summed E-state index contributed by atoms with van der Waals surface area (Å²) in [6, 6.07) is 0.0569. The lowest BCUT2D eigenvalue weighted by Gasteiger charge is -2.19. The van der Waals surface area contributed by atoms with Crippen LogP contribution in [0, 0.1) is 0 Å². The normalized spacial score (nSPS) is 14.5. The average molecular weight is 272 g/mol. The van der Waals surface area contributed by atoms with Crippen LogP contribution in [0.3, 0.4) is 0 Å². The number of nitrogens with zero attached hydrogens (tertiary/aromatic N) is 2. The number of aromatic nitrogens is 2. The maximum atomic E-state index is 5.68. The summed E-state index contributed by atoms with van der Waals surface area (Å²) in [5.74, 6) is 7.38. The number of ether oxygens (including phenoxy) is 1. The number of rotatable bonds is 8. The molecule has 1 aromatic rings. The maximum absolute atomic E-state index is 5.68. The van der Waals surface area contributed by atoms with Crippen LogP contribution in [0.2, 0.25) is 0 Å². The predicted octanol–water partition coefficient (Wildman–Crippen LogP) is 1.95. The molecular weight excluding hydrogens is 248 g/mol. The molecule has 1 heterocycles. The van der Waals surface area contributed by atoms with Crippen LogP contribution in [-0.4, -0.2) is 27.9 Å². The van der Waals surface area contributed by atoms with E-state index in [1.165, 1.54) is 0 Å². The molecular formula is C12H24N4OS. The molecule has 3 N–H and O–H groups in total. The molecule has 1 rings (SSSR count). The van der Waals surface area contributed by atoms with E-state index < -0.39 is 0 Å². The zero-order valence-electron chi connectivity index (χ0n) is 11.6. The van der Waals surface area contributed by atoms with E-state index in [2.05, 4.69) is 31.3 Å². The first-order chi connectivity index (χ1) is 8.67. The standard InChI is InChI=1S/C12H24N4OS/c1-5-9(3)18-8-10(15-13)12-11(17-4)7-14-16(12)6-2/h7,9-10,15H,5-6,8,13H2,1-4H3. The lowest BCUT2D eigenvalue weighted by molar-refractivity contribution is 0.397. The molecule has 0 amide bonds. The van der Waals surface area contributed by atoms with Crippen molar-refractivity contribution < 1.29 is 4.74 Å². The highest BCUT2D eigenvalue weighted by Gasteiger charge is 2.21. The molecule has 0 aliphatic rings. The van der Waals surface area contributed by atoms with E-state index >= 15 is 0 Å². The zero-order valence-corrected chi connectivity index (χ0v) is 12.5. The SMILES string of the molecule is CCC(C)SCC(NN)c1c(OC)cnn1CC. The van der Waals surface area contributed by atoms with E-state index in [0.717, 1.165) is 30.2 Å². The first-order valence-electron chi connectivity index (χ1n) is 6.35. The number of hydrogen-bond acceptors (Lipinski definition) is 5. The second kappa shape index (κ2) is 7.66. The van der Waals surface area contributed by atoms with Crippen molar-refractivity contribution in [3.05, 3.63) is 11.9 Å². The number of hydrazine groups is 1. The fourth-order valence-corrected chi connectivity index (χ4v) is 2.73. The molecule has 0 saturated heterocycles. The van der Waals surface area contributed by atoms with Gasteiger partial charge in [0.2, 0.25) is 0 Å². The largest absolute Gasteiger partial charge is 0.493 e. The first kappa shape index (κ1) is 15.3. The van der Waals surface area contributed by atoms with E-state index in [1.54, 1.807) is 13.3 Å². The maximum Gasteiger partial charge on any atom is 0.161 e. The van der Waals surface area contributed by atoms with Crippen molar-refractivity contribution >= 4 is 11.8 Å². The molecule has 104 valence electrons. The van der Waals surface area contributed by atoms with Gasteiger partial charge in [-0.05, 0) is 13.3 Å². The molecule has 0 fully saturated rings. The Balaban J connectivity index is 2.83. The molecule has 0 aliphatic heterocycles. The van der Waals surface area contributed by atoms with Crippen LogP contribution in [0.25, 0.3) is 0 Å². The summed E-state index contributed by atoms with van der Waals surface area (Å²) in [6.07, 6.45) is 2.91. The molecule has 5 nitrogen and oxygen atoms in total. The molecule has 2 unspecified atom stereocenters. The highest BCUT2D eigenvalue weighted by Crippen LogP contribution is 2.28. The van der Waals surface area contributed by atoms with Gasteiger partial charge in [-0.3, -0.25) is 16.0 Å². The number of aryl methyl sites for hydroxylation is 1. The van der Waals surface area contributed by atoms with Crippen molar-refractivity contribution in [2.75, 3.05) is 12.9 Å². The van der Waals surface area contributed by atoms with Gasteiger partial charge in [0, 0.05) is 17.5 Å². The summed E-state index contributed by atoms with van der Waals surface area (Å²) in [5, 5.41) is 4.94. The van der Waals surface area contributed by atoms with Gasteiger partial charge in [0.05, 0.1) is 25.0 Å². The third-order valence-electron chi connectivity index (χ3n) is 3.02. The summed E-state index contributed by atoms with van der Waals surface area (Å²) in [4.78, 5) is 0. The number of hydrogen-bond donors (Lipinski definition) is 2. The van der Waals surface area contributed by atoms with Crippen LogP contribution in [0.15, 0.2) is 6.20 Å². The van der Waals surface area contributed by atoms with E-state index in [-0.39, 0.29) is 6.04 Å². The Kier molecular flexibility index (Phi) is 6.52. The van der Waals surface area contributed by atoms with Gasteiger partial charge in [0.1, 0.15) is 0 Å². The second-order valence-electron chi connectivity index (χ2n) is 4.19. The lowest BCUT2D eigenvalue weighted by Crippen LogP contribution is -2.32. The van der Waals surface area contributed by atoms with Crippen LogP contribution in [0.1, 0.15) is 38.9 Å². The summed E-state index contributed by atoms with van der Waals surface area (Å²) in [7, 11) is 1.66. The van der Waals surface area contributed by atoms with Crippen molar-refractivity contribution in [2.24, 2.45) is 5.84 Å². The molecule has 1 aromatic heterocycles. The summed E-state index contributed by atoms with van der Waals surface area (Å²) in [6.45, 7) is 7.29. The van der Waals surface area contributed by atoms with Gasteiger partial charge in [0.15, 0.2) is 5.75 Å². The minimum absolute atomic E-state index is 0.0569. The number of nitrogens with one attached hydrogen (secondary N) is 1. The Morgan fingerprint density at radius 1 is 1.56 bits per heavy atom. The van der Waals surface area contributed by atoms with Gasteiger partial charge in [-0.2, -0.15) is 16.9 Å². The van der Waals surface area contributed by atoms with Crippen LogP contribution < -0.4 is 16.0 Å². The number of nitrogens with two attached hydrogens (primary N) is 1. The highest BCUT2D eigenvalue weighted by molar-refractivity contribution is 7.99. The fourth-order valence-electron chi connectivity index (χ4n) is 1.72. The van der Waals surface area contributed by atoms with E-state index in [0.29, 0.717) is 5.25 Å². The summed E-state index contributed by atoms with van der Waals surface area (Å²) >= 11 is 1.91.